The summed E-state index contributed by atoms with van der Waals surface area (Å²) >= 11 is 10.5. The maximum absolute atomic E-state index is 12.7. The Balaban J connectivity index is 1.83. The molecule has 0 amide bonds. The van der Waals surface area contributed by atoms with Crippen molar-refractivity contribution in [2.45, 2.75) is 41.4 Å². The predicted octanol–water partition coefficient (Wildman–Crippen LogP) is 4.75. The Kier molecular flexibility index (Phi) is 9.91. The van der Waals surface area contributed by atoms with Crippen LogP contribution >= 0.6 is 23.2 Å². The fourth-order valence-electron chi connectivity index (χ4n) is 4.94. The van der Waals surface area contributed by atoms with Crippen LogP contribution < -0.4 is 26.1 Å². The second-order valence-electron chi connectivity index (χ2n) is 8.98. The van der Waals surface area contributed by atoms with E-state index in [0.717, 1.165) is 12.2 Å². The summed E-state index contributed by atoms with van der Waals surface area (Å²) in [6, 6.07) is 17.8. The molecule has 4 rings (SSSR count). The SMILES string of the molecule is CC[I-][C@@H](CN(c1ccccc1)c1cc(Cl)c(-c2ccc(Cl)c(C(=O)O)c2)cc1S(=O)O)C1CCCC1. The van der Waals surface area contributed by atoms with Gasteiger partial charge in [0.1, 0.15) is 0 Å². The number of carboxylic acid groups (broad SMARTS) is 1. The summed E-state index contributed by atoms with van der Waals surface area (Å²) in [6.07, 6.45) is 5.03. The van der Waals surface area contributed by atoms with Gasteiger partial charge in [0.25, 0.3) is 0 Å². The zero-order valence-corrected chi connectivity index (χ0v) is 24.9. The van der Waals surface area contributed by atoms with E-state index in [1.807, 2.05) is 30.3 Å². The molecule has 0 aromatic heterocycles. The Labute approximate surface area is 240 Å². The summed E-state index contributed by atoms with van der Waals surface area (Å²) in [6.45, 7) is 3.01. The first-order valence-corrected chi connectivity index (χ1v) is 16.8. The van der Waals surface area contributed by atoms with Crippen molar-refractivity contribution in [1.29, 1.82) is 0 Å². The van der Waals surface area contributed by atoms with Crippen molar-refractivity contribution in [2.24, 2.45) is 5.92 Å². The molecule has 0 saturated heterocycles. The molecule has 2 atom stereocenters. The van der Waals surface area contributed by atoms with Gasteiger partial charge in [-0.2, -0.15) is 0 Å². The number of nitrogens with zero attached hydrogens (tertiary/aromatic N) is 1. The topological polar surface area (TPSA) is 77.8 Å². The number of carboxylic acids is 1. The van der Waals surface area contributed by atoms with E-state index >= 15 is 0 Å². The van der Waals surface area contributed by atoms with Crippen molar-refractivity contribution < 1.29 is 39.9 Å². The monoisotopic (exact) mass is 672 g/mol. The van der Waals surface area contributed by atoms with Crippen molar-refractivity contribution in [1.82, 2.24) is 0 Å². The van der Waals surface area contributed by atoms with Crippen molar-refractivity contribution in [2.75, 3.05) is 15.9 Å². The van der Waals surface area contributed by atoms with E-state index in [1.165, 1.54) is 42.2 Å². The van der Waals surface area contributed by atoms with Crippen molar-refractivity contribution in [3.8, 4) is 11.1 Å². The van der Waals surface area contributed by atoms with Gasteiger partial charge in [-0.25, -0.2) is 0 Å². The molecule has 3 aromatic rings. The third-order valence-electron chi connectivity index (χ3n) is 6.72. The van der Waals surface area contributed by atoms with Crippen LogP contribution in [0.2, 0.25) is 10.0 Å². The van der Waals surface area contributed by atoms with Gasteiger partial charge in [-0.05, 0) is 0 Å². The van der Waals surface area contributed by atoms with Gasteiger partial charge in [0.05, 0.1) is 0 Å². The van der Waals surface area contributed by atoms with Gasteiger partial charge < -0.3 is 0 Å². The normalized spacial score (nSPS) is 15.6. The molecular formula is C28H29Cl2INO4S-. The molecule has 2 N–H and O–H groups in total. The number of anilines is 2. The molecule has 1 unspecified atom stereocenters. The molecule has 198 valence electrons. The minimum absolute atomic E-state index is 0.0397. The quantitative estimate of drug-likeness (QED) is 0.185. The third-order valence-corrected chi connectivity index (χ3v) is 11.5. The summed E-state index contributed by atoms with van der Waals surface area (Å²) < 4.78 is 24.8. The van der Waals surface area contributed by atoms with Crippen LogP contribution in [0.25, 0.3) is 11.1 Å². The van der Waals surface area contributed by atoms with Crippen LogP contribution in [-0.4, -0.2) is 34.7 Å². The summed E-state index contributed by atoms with van der Waals surface area (Å²) in [5, 5.41) is 9.98. The molecule has 3 aromatic carbocycles. The van der Waals surface area contributed by atoms with E-state index in [9.17, 15) is 18.7 Å². The fourth-order valence-corrected chi connectivity index (χ4v) is 9.21. The van der Waals surface area contributed by atoms with E-state index < -0.39 is 17.0 Å². The van der Waals surface area contributed by atoms with Crippen LogP contribution in [0.5, 0.6) is 0 Å². The Hall–Kier alpha value is -1.65. The van der Waals surface area contributed by atoms with E-state index in [2.05, 4.69) is 11.8 Å². The molecule has 9 heteroatoms. The predicted molar refractivity (Wildman–Crippen MR) is 148 cm³/mol. The number of benzene rings is 3. The minimum atomic E-state index is -2.30. The number of carbonyl (C=O) groups is 1. The number of rotatable bonds is 10. The molecule has 0 spiro atoms. The summed E-state index contributed by atoms with van der Waals surface area (Å²) in [5.74, 6) is -0.474. The number of alkyl halides is 2. The van der Waals surface area contributed by atoms with Crippen molar-refractivity contribution >= 4 is 51.6 Å². The van der Waals surface area contributed by atoms with Gasteiger partial charge in [0.2, 0.25) is 0 Å². The summed E-state index contributed by atoms with van der Waals surface area (Å²) in [5.41, 5.74) is 2.47. The van der Waals surface area contributed by atoms with Gasteiger partial charge in [-0.15, -0.1) is 0 Å². The fraction of sp³-hybridized carbons (Fsp3) is 0.321. The van der Waals surface area contributed by atoms with Gasteiger partial charge in [-0.3, -0.25) is 0 Å². The summed E-state index contributed by atoms with van der Waals surface area (Å²) in [4.78, 5) is 14.0. The van der Waals surface area contributed by atoms with Gasteiger partial charge in [-0.1, -0.05) is 0 Å². The molecule has 0 radical (unpaired) electrons. The molecule has 1 aliphatic rings. The third kappa shape index (κ3) is 6.68. The molecule has 0 heterocycles. The zero-order chi connectivity index (χ0) is 26.5. The van der Waals surface area contributed by atoms with Crippen molar-refractivity contribution in [3.05, 3.63) is 76.3 Å². The Morgan fingerprint density at radius 3 is 2.41 bits per heavy atom. The standard InChI is InChI=1S/C28H29Cl2INO4S/c1-2-31-25(18-8-6-7-9-18)17-32(20-10-4-3-5-11-20)26-16-24(30)21(15-27(26)37(35)36)19-12-13-23(29)22(14-19)28(33)34/h3-5,10-16,18,25H,2,6-9,17H2,1H3,(H,33,34)(H,35,36)/q-1/t25-/m0/s1. The van der Waals surface area contributed by atoms with Gasteiger partial charge >= 0.3 is 242 Å². The number of hydrogen-bond donors (Lipinski definition) is 2. The Morgan fingerprint density at radius 1 is 1.08 bits per heavy atom. The molecule has 0 aliphatic heterocycles. The van der Waals surface area contributed by atoms with Crippen LogP contribution in [0.4, 0.5) is 11.4 Å². The summed E-state index contributed by atoms with van der Waals surface area (Å²) in [7, 11) is 0. The molecular weight excluding hydrogens is 644 g/mol. The number of hydrogen-bond acceptors (Lipinski definition) is 3. The average molecular weight is 673 g/mol. The number of aromatic carboxylic acids is 1. The second-order valence-corrected chi connectivity index (χ2v) is 14.7. The molecule has 5 nitrogen and oxygen atoms in total. The van der Waals surface area contributed by atoms with E-state index in [4.69, 9.17) is 23.2 Å². The molecule has 0 bridgehead atoms. The zero-order valence-electron chi connectivity index (χ0n) is 20.4. The molecule has 1 fully saturated rings. The average Bonchev–Trinajstić information content (AvgIpc) is 3.42. The Bertz CT molecular complexity index is 1280. The molecule has 1 saturated carbocycles. The van der Waals surface area contributed by atoms with Crippen LogP contribution in [0, 0.1) is 5.92 Å². The van der Waals surface area contributed by atoms with E-state index in [-0.39, 0.29) is 36.7 Å². The van der Waals surface area contributed by atoms with Crippen LogP contribution in [-0.2, 0) is 11.1 Å². The van der Waals surface area contributed by atoms with E-state index in [0.29, 0.717) is 31.7 Å². The molecule has 1 aliphatic carbocycles. The van der Waals surface area contributed by atoms with Crippen LogP contribution in [0.1, 0.15) is 43.0 Å². The Morgan fingerprint density at radius 2 is 1.78 bits per heavy atom. The second kappa shape index (κ2) is 12.9. The maximum atomic E-state index is 12.7. The van der Waals surface area contributed by atoms with Crippen molar-refractivity contribution in [3.63, 3.8) is 0 Å². The first-order chi connectivity index (χ1) is 17.8. The van der Waals surface area contributed by atoms with Crippen LogP contribution in [0.3, 0.4) is 0 Å². The molecule has 37 heavy (non-hydrogen) atoms. The van der Waals surface area contributed by atoms with Crippen LogP contribution in [0.15, 0.2) is 65.6 Å². The first kappa shape index (κ1) is 28.4. The first-order valence-electron chi connectivity index (χ1n) is 12.2. The number of para-hydroxylation sites is 1. The number of halogens is 3. The van der Waals surface area contributed by atoms with Gasteiger partial charge in [0, 0.05) is 0 Å². The van der Waals surface area contributed by atoms with Gasteiger partial charge in [0.15, 0.2) is 0 Å². The van der Waals surface area contributed by atoms with E-state index in [1.54, 1.807) is 18.2 Å².